The van der Waals surface area contributed by atoms with Crippen LogP contribution in [0.1, 0.15) is 44.7 Å². The summed E-state index contributed by atoms with van der Waals surface area (Å²) in [4.78, 5) is 34.4. The summed E-state index contributed by atoms with van der Waals surface area (Å²) in [6, 6.07) is 6.71. The van der Waals surface area contributed by atoms with Crippen LogP contribution in [0.4, 0.5) is 15.2 Å². The highest BCUT2D eigenvalue weighted by Crippen LogP contribution is 2.31. The van der Waals surface area contributed by atoms with Crippen LogP contribution in [-0.2, 0) is 9.59 Å². The SMILES string of the molecule is CC(=O)N(c1nc(/C=C/C(=O)N(C)CCN(C)C2CCCCC2)cs1)c1ccccc1F. The van der Waals surface area contributed by atoms with E-state index in [9.17, 15) is 14.0 Å². The Morgan fingerprint density at radius 3 is 2.56 bits per heavy atom. The van der Waals surface area contributed by atoms with Crippen LogP contribution in [0.5, 0.6) is 0 Å². The fourth-order valence-electron chi connectivity index (χ4n) is 3.90. The van der Waals surface area contributed by atoms with Crippen LogP contribution >= 0.6 is 11.3 Å². The van der Waals surface area contributed by atoms with Gasteiger partial charge < -0.3 is 9.80 Å². The van der Waals surface area contributed by atoms with Crippen molar-refractivity contribution in [3.8, 4) is 0 Å². The number of anilines is 2. The molecule has 1 saturated carbocycles. The van der Waals surface area contributed by atoms with Gasteiger partial charge in [-0.1, -0.05) is 31.4 Å². The van der Waals surface area contributed by atoms with Gasteiger partial charge in [0.25, 0.3) is 0 Å². The molecule has 3 rings (SSSR count). The van der Waals surface area contributed by atoms with Crippen molar-refractivity contribution in [2.45, 2.75) is 45.1 Å². The van der Waals surface area contributed by atoms with E-state index < -0.39 is 5.82 Å². The summed E-state index contributed by atoms with van der Waals surface area (Å²) in [5, 5.41) is 2.10. The van der Waals surface area contributed by atoms with Gasteiger partial charge in [0.1, 0.15) is 5.82 Å². The largest absolute Gasteiger partial charge is 0.341 e. The number of likely N-dealkylation sites (N-methyl/N-ethyl adjacent to an activating group) is 2. The minimum absolute atomic E-state index is 0.103. The molecule has 1 aromatic heterocycles. The van der Waals surface area contributed by atoms with Crippen molar-refractivity contribution in [3.63, 3.8) is 0 Å². The van der Waals surface area contributed by atoms with Gasteiger partial charge in [0.05, 0.1) is 11.4 Å². The second-order valence-electron chi connectivity index (χ2n) is 8.23. The molecule has 0 bridgehead atoms. The van der Waals surface area contributed by atoms with E-state index in [1.54, 1.807) is 35.5 Å². The van der Waals surface area contributed by atoms with E-state index in [4.69, 9.17) is 0 Å². The first-order chi connectivity index (χ1) is 15.4. The zero-order chi connectivity index (χ0) is 23.1. The van der Waals surface area contributed by atoms with Gasteiger partial charge in [-0.05, 0) is 38.1 Å². The lowest BCUT2D eigenvalue weighted by Gasteiger charge is -2.32. The predicted molar refractivity (Wildman–Crippen MR) is 128 cm³/mol. The number of benzene rings is 1. The van der Waals surface area contributed by atoms with Gasteiger partial charge >= 0.3 is 0 Å². The third kappa shape index (κ3) is 6.23. The number of halogens is 1. The van der Waals surface area contributed by atoms with Crippen molar-refractivity contribution in [1.29, 1.82) is 0 Å². The van der Waals surface area contributed by atoms with Gasteiger partial charge in [0.2, 0.25) is 11.8 Å². The summed E-state index contributed by atoms with van der Waals surface area (Å²) < 4.78 is 14.2. The Morgan fingerprint density at radius 2 is 1.88 bits per heavy atom. The van der Waals surface area contributed by atoms with E-state index in [0.717, 1.165) is 6.54 Å². The lowest BCUT2D eigenvalue weighted by atomic mass is 9.94. The molecule has 32 heavy (non-hydrogen) atoms. The lowest BCUT2D eigenvalue weighted by molar-refractivity contribution is -0.125. The van der Waals surface area contributed by atoms with Crippen molar-refractivity contribution >= 4 is 40.0 Å². The number of thiazole rings is 1. The van der Waals surface area contributed by atoms with E-state index in [0.29, 0.717) is 23.4 Å². The van der Waals surface area contributed by atoms with Crippen molar-refractivity contribution < 1.29 is 14.0 Å². The Bertz CT molecular complexity index is 955. The molecule has 0 aliphatic heterocycles. The molecule has 0 saturated heterocycles. The summed E-state index contributed by atoms with van der Waals surface area (Å²) in [6.45, 7) is 2.87. The Hall–Kier alpha value is -2.58. The van der Waals surface area contributed by atoms with Crippen molar-refractivity contribution in [2.24, 2.45) is 0 Å². The van der Waals surface area contributed by atoms with Crippen molar-refractivity contribution in [2.75, 3.05) is 32.1 Å². The molecule has 0 spiro atoms. The minimum Gasteiger partial charge on any atom is -0.341 e. The number of aromatic nitrogens is 1. The summed E-state index contributed by atoms with van der Waals surface area (Å²) in [5.41, 5.74) is 0.705. The normalized spacial score (nSPS) is 14.8. The molecule has 2 amide bonds. The van der Waals surface area contributed by atoms with Gasteiger partial charge in [-0.2, -0.15) is 0 Å². The Balaban J connectivity index is 1.58. The van der Waals surface area contributed by atoms with E-state index in [1.165, 1.54) is 73.5 Å². The Labute approximate surface area is 193 Å². The second kappa shape index (κ2) is 11.3. The highest BCUT2D eigenvalue weighted by Gasteiger charge is 2.21. The summed E-state index contributed by atoms with van der Waals surface area (Å²) in [7, 11) is 3.93. The lowest BCUT2D eigenvalue weighted by Crippen LogP contribution is -2.39. The third-order valence-corrected chi connectivity index (χ3v) is 6.71. The molecular weight excluding hydrogens is 427 g/mol. The molecule has 6 nitrogen and oxygen atoms in total. The Kier molecular flexibility index (Phi) is 8.53. The predicted octanol–water partition coefficient (Wildman–Crippen LogP) is 4.70. The number of para-hydroxylation sites is 1. The van der Waals surface area contributed by atoms with Crippen LogP contribution in [0.2, 0.25) is 0 Å². The van der Waals surface area contributed by atoms with Gasteiger partial charge in [-0.3, -0.25) is 14.5 Å². The number of rotatable bonds is 8. The number of nitrogens with zero attached hydrogens (tertiary/aromatic N) is 4. The smallest absolute Gasteiger partial charge is 0.246 e. The zero-order valence-corrected chi connectivity index (χ0v) is 19.8. The average molecular weight is 459 g/mol. The molecule has 1 heterocycles. The minimum atomic E-state index is -0.495. The molecule has 0 atom stereocenters. The quantitative estimate of drug-likeness (QED) is 0.538. The summed E-state index contributed by atoms with van der Waals surface area (Å²) in [6.07, 6.45) is 9.51. The molecule has 1 aliphatic rings. The first kappa shape index (κ1) is 24.1. The zero-order valence-electron chi connectivity index (χ0n) is 19.0. The maximum Gasteiger partial charge on any atom is 0.246 e. The van der Waals surface area contributed by atoms with E-state index in [2.05, 4.69) is 16.9 Å². The van der Waals surface area contributed by atoms with E-state index in [1.807, 2.05) is 0 Å². The number of hydrogen-bond acceptors (Lipinski definition) is 5. The van der Waals surface area contributed by atoms with Crippen molar-refractivity contribution in [1.82, 2.24) is 14.8 Å². The van der Waals surface area contributed by atoms with Crippen LogP contribution in [0.25, 0.3) is 6.08 Å². The van der Waals surface area contributed by atoms with Crippen LogP contribution in [-0.4, -0.2) is 59.8 Å². The fraction of sp³-hybridized carbons (Fsp3) is 0.458. The topological polar surface area (TPSA) is 56.8 Å². The van der Waals surface area contributed by atoms with E-state index >= 15 is 0 Å². The van der Waals surface area contributed by atoms with Crippen LogP contribution in [0.15, 0.2) is 35.7 Å². The highest BCUT2D eigenvalue weighted by molar-refractivity contribution is 7.14. The molecule has 1 aliphatic carbocycles. The fourth-order valence-corrected chi connectivity index (χ4v) is 4.75. The average Bonchev–Trinajstić information content (AvgIpc) is 3.25. The molecule has 0 unspecified atom stereocenters. The molecule has 1 fully saturated rings. The molecule has 0 N–H and O–H groups in total. The van der Waals surface area contributed by atoms with Crippen LogP contribution < -0.4 is 4.90 Å². The van der Waals surface area contributed by atoms with Gasteiger partial charge in [0, 0.05) is 44.6 Å². The standard InChI is InChI=1S/C24H31FN4O2S/c1-18(30)29(22-12-8-7-11-21(22)25)24-26-19(17-32-24)13-14-23(31)28(3)16-15-27(2)20-9-5-4-6-10-20/h7-8,11-14,17,20H,4-6,9-10,15-16H2,1-3H3/b14-13+. The summed E-state index contributed by atoms with van der Waals surface area (Å²) in [5.74, 6) is -0.933. The molecule has 8 heteroatoms. The van der Waals surface area contributed by atoms with Gasteiger partial charge in [-0.15, -0.1) is 11.3 Å². The second-order valence-corrected chi connectivity index (χ2v) is 9.06. The monoisotopic (exact) mass is 458 g/mol. The number of carbonyl (C=O) groups excluding carboxylic acids is 2. The molecule has 1 aromatic carbocycles. The van der Waals surface area contributed by atoms with Gasteiger partial charge in [0.15, 0.2) is 5.13 Å². The summed E-state index contributed by atoms with van der Waals surface area (Å²) >= 11 is 1.22. The first-order valence-electron chi connectivity index (χ1n) is 11.0. The molecule has 0 radical (unpaired) electrons. The Morgan fingerprint density at radius 1 is 1.16 bits per heavy atom. The van der Waals surface area contributed by atoms with Gasteiger partial charge in [-0.25, -0.2) is 9.37 Å². The number of hydrogen-bond donors (Lipinski definition) is 0. The van der Waals surface area contributed by atoms with Crippen LogP contribution in [0, 0.1) is 5.82 Å². The highest BCUT2D eigenvalue weighted by atomic mass is 32.1. The van der Waals surface area contributed by atoms with E-state index in [-0.39, 0.29) is 17.5 Å². The molecular formula is C24H31FN4O2S. The number of amides is 2. The van der Waals surface area contributed by atoms with Crippen molar-refractivity contribution in [3.05, 3.63) is 47.2 Å². The maximum atomic E-state index is 14.2. The molecule has 172 valence electrons. The van der Waals surface area contributed by atoms with Crippen LogP contribution in [0.3, 0.4) is 0 Å². The third-order valence-electron chi connectivity index (χ3n) is 5.87. The first-order valence-corrected chi connectivity index (χ1v) is 11.9. The molecule has 2 aromatic rings. The maximum absolute atomic E-state index is 14.2. The number of carbonyl (C=O) groups is 2.